The number of halogens is 1. The predicted octanol–water partition coefficient (Wildman–Crippen LogP) is 4.01. The van der Waals surface area contributed by atoms with Gasteiger partial charge in [-0.2, -0.15) is 0 Å². The molecule has 124 valence electrons. The summed E-state index contributed by atoms with van der Waals surface area (Å²) in [5.74, 6) is 0.448. The highest BCUT2D eigenvalue weighted by molar-refractivity contribution is 9.10. The maximum Gasteiger partial charge on any atom is 0.274 e. The van der Waals surface area contributed by atoms with Crippen LogP contribution in [0.5, 0.6) is 0 Å². The molecule has 1 fully saturated rings. The lowest BCUT2D eigenvalue weighted by Gasteiger charge is -2.20. The molecule has 0 atom stereocenters. The molecule has 3 heterocycles. The quantitative estimate of drug-likeness (QED) is 0.820. The van der Waals surface area contributed by atoms with Gasteiger partial charge in [-0.15, -0.1) is 11.3 Å². The van der Waals surface area contributed by atoms with Gasteiger partial charge in [0.1, 0.15) is 5.69 Å². The van der Waals surface area contributed by atoms with Gasteiger partial charge in [0.25, 0.3) is 5.91 Å². The second-order valence-electron chi connectivity index (χ2n) is 6.09. The number of anilines is 1. The molecule has 0 saturated carbocycles. The molecule has 0 aliphatic carbocycles. The molecule has 2 N–H and O–H groups in total. The molecule has 0 aromatic carbocycles. The van der Waals surface area contributed by atoms with Crippen molar-refractivity contribution in [2.75, 3.05) is 18.4 Å². The number of carbonyl (C=O) groups excluding carboxylic acids is 1. The van der Waals surface area contributed by atoms with Gasteiger partial charge in [0, 0.05) is 27.8 Å². The molecule has 2 aromatic rings. The van der Waals surface area contributed by atoms with Crippen molar-refractivity contribution in [2.45, 2.75) is 38.6 Å². The van der Waals surface area contributed by atoms with Gasteiger partial charge in [-0.1, -0.05) is 0 Å². The number of piperidine rings is 1. The molecule has 1 amide bonds. The average Bonchev–Trinajstić information content (AvgIpc) is 3.15. The third-order valence-electron chi connectivity index (χ3n) is 4.09. The van der Waals surface area contributed by atoms with Crippen molar-refractivity contribution in [3.8, 4) is 0 Å². The zero-order valence-electron chi connectivity index (χ0n) is 13.3. The van der Waals surface area contributed by atoms with E-state index in [9.17, 15) is 4.79 Å². The van der Waals surface area contributed by atoms with Crippen molar-refractivity contribution in [2.24, 2.45) is 0 Å². The van der Waals surface area contributed by atoms with E-state index in [1.807, 2.05) is 23.0 Å². The van der Waals surface area contributed by atoms with Crippen LogP contribution in [0.15, 0.2) is 22.9 Å². The lowest BCUT2D eigenvalue weighted by atomic mass is 9.97. The molecule has 0 radical (unpaired) electrons. The van der Waals surface area contributed by atoms with Gasteiger partial charge in [0.05, 0.1) is 0 Å². The summed E-state index contributed by atoms with van der Waals surface area (Å²) in [7, 11) is 0. The summed E-state index contributed by atoms with van der Waals surface area (Å²) in [4.78, 5) is 18.2. The fraction of sp³-hybridized carbons (Fsp3) is 0.500. The van der Waals surface area contributed by atoms with Crippen molar-refractivity contribution in [1.29, 1.82) is 0 Å². The summed E-state index contributed by atoms with van der Waals surface area (Å²) in [5.41, 5.74) is 0.644. The molecule has 23 heavy (non-hydrogen) atoms. The first-order valence-corrected chi connectivity index (χ1v) is 9.50. The minimum Gasteiger partial charge on any atom is -0.340 e. The number of hydrogen-bond acceptors (Lipinski definition) is 4. The number of rotatable bonds is 4. The molecule has 0 bridgehead atoms. The Balaban J connectivity index is 1.72. The van der Waals surface area contributed by atoms with E-state index in [0.717, 1.165) is 30.4 Å². The zero-order chi connectivity index (χ0) is 16.4. The molecular weight excluding hydrogens is 376 g/mol. The van der Waals surface area contributed by atoms with E-state index >= 15 is 0 Å². The normalized spacial score (nSPS) is 16.0. The Morgan fingerprint density at radius 3 is 2.91 bits per heavy atom. The lowest BCUT2D eigenvalue weighted by Crippen LogP contribution is -2.26. The molecule has 2 aromatic heterocycles. The van der Waals surface area contributed by atoms with Gasteiger partial charge >= 0.3 is 0 Å². The first kappa shape index (κ1) is 16.7. The minimum absolute atomic E-state index is 0.115. The molecule has 1 aliphatic heterocycles. The summed E-state index contributed by atoms with van der Waals surface area (Å²) < 4.78 is 2.87. The number of nitrogens with one attached hydrogen (secondary N) is 2. The smallest absolute Gasteiger partial charge is 0.274 e. The van der Waals surface area contributed by atoms with E-state index < -0.39 is 0 Å². The van der Waals surface area contributed by atoms with Crippen LogP contribution in [-0.4, -0.2) is 28.5 Å². The van der Waals surface area contributed by atoms with Crippen LogP contribution in [0.2, 0.25) is 0 Å². The number of nitrogens with zero attached hydrogens (tertiary/aromatic N) is 2. The second-order valence-corrected chi connectivity index (χ2v) is 8.07. The van der Waals surface area contributed by atoms with E-state index in [2.05, 4.69) is 45.4 Å². The van der Waals surface area contributed by atoms with Gasteiger partial charge in [0.2, 0.25) is 0 Å². The summed E-state index contributed by atoms with van der Waals surface area (Å²) in [6.45, 7) is 6.23. The molecule has 7 heteroatoms. The van der Waals surface area contributed by atoms with Crippen LogP contribution in [0.1, 0.15) is 54.0 Å². The SMILES string of the molecule is CC(C)n1cc(Br)cc1C(=O)Nc1ncc(C2CCNCC2)s1. The Labute approximate surface area is 148 Å². The van der Waals surface area contributed by atoms with Crippen LogP contribution in [-0.2, 0) is 0 Å². The maximum absolute atomic E-state index is 12.5. The van der Waals surface area contributed by atoms with Gasteiger partial charge in [-0.05, 0) is 67.7 Å². The third kappa shape index (κ3) is 3.84. The van der Waals surface area contributed by atoms with E-state index in [0.29, 0.717) is 16.7 Å². The molecule has 0 unspecified atom stereocenters. The fourth-order valence-electron chi connectivity index (χ4n) is 2.86. The van der Waals surface area contributed by atoms with Crippen LogP contribution in [0.4, 0.5) is 5.13 Å². The summed E-state index contributed by atoms with van der Waals surface area (Å²) in [6.07, 6.45) is 6.12. The van der Waals surface area contributed by atoms with Crippen LogP contribution in [0.3, 0.4) is 0 Å². The third-order valence-corrected chi connectivity index (χ3v) is 5.60. The highest BCUT2D eigenvalue weighted by Gasteiger charge is 2.20. The molecule has 5 nitrogen and oxygen atoms in total. The molecule has 1 saturated heterocycles. The molecule has 0 spiro atoms. The topological polar surface area (TPSA) is 59.0 Å². The molecule has 3 rings (SSSR count). The van der Waals surface area contributed by atoms with Gasteiger partial charge in [-0.25, -0.2) is 4.98 Å². The number of carbonyl (C=O) groups is 1. The monoisotopic (exact) mass is 396 g/mol. The minimum atomic E-state index is -0.115. The second kappa shape index (κ2) is 7.15. The standard InChI is InChI=1S/C16H21BrN4OS/c1-10(2)21-9-12(17)7-13(21)15(22)20-16-19-8-14(23-16)11-3-5-18-6-4-11/h7-11,18H,3-6H2,1-2H3,(H,19,20,22). The van der Waals surface area contributed by atoms with E-state index in [1.165, 1.54) is 4.88 Å². The highest BCUT2D eigenvalue weighted by Crippen LogP contribution is 2.32. The summed E-state index contributed by atoms with van der Waals surface area (Å²) in [5, 5.41) is 6.99. The Morgan fingerprint density at radius 2 is 2.22 bits per heavy atom. The highest BCUT2D eigenvalue weighted by atomic mass is 79.9. The average molecular weight is 397 g/mol. The van der Waals surface area contributed by atoms with Gasteiger partial charge in [-0.3, -0.25) is 10.1 Å². The van der Waals surface area contributed by atoms with Crippen LogP contribution in [0.25, 0.3) is 0 Å². The van der Waals surface area contributed by atoms with Gasteiger partial charge < -0.3 is 9.88 Å². The number of thiazole rings is 1. The Bertz CT molecular complexity index is 688. The van der Waals surface area contributed by atoms with Crippen LogP contribution >= 0.6 is 27.3 Å². The first-order chi connectivity index (χ1) is 11.0. The summed E-state index contributed by atoms with van der Waals surface area (Å²) in [6, 6.07) is 2.07. The van der Waals surface area contributed by atoms with Crippen LogP contribution in [0, 0.1) is 0 Å². The summed E-state index contributed by atoms with van der Waals surface area (Å²) >= 11 is 5.03. The van der Waals surface area contributed by atoms with Crippen molar-refractivity contribution in [1.82, 2.24) is 14.9 Å². The van der Waals surface area contributed by atoms with Crippen molar-refractivity contribution in [3.63, 3.8) is 0 Å². The van der Waals surface area contributed by atoms with Gasteiger partial charge in [0.15, 0.2) is 5.13 Å². The van der Waals surface area contributed by atoms with E-state index in [-0.39, 0.29) is 11.9 Å². The Morgan fingerprint density at radius 1 is 1.48 bits per heavy atom. The Hall–Kier alpha value is -1.18. The van der Waals surface area contributed by atoms with Crippen molar-refractivity contribution < 1.29 is 4.79 Å². The largest absolute Gasteiger partial charge is 0.340 e. The predicted molar refractivity (Wildman–Crippen MR) is 97.4 cm³/mol. The number of amides is 1. The molecular formula is C16H21BrN4OS. The first-order valence-electron chi connectivity index (χ1n) is 7.89. The lowest BCUT2D eigenvalue weighted by molar-refractivity contribution is 0.101. The van der Waals surface area contributed by atoms with Crippen molar-refractivity contribution >= 4 is 38.3 Å². The maximum atomic E-state index is 12.5. The van der Waals surface area contributed by atoms with E-state index in [4.69, 9.17) is 0 Å². The number of hydrogen-bond donors (Lipinski definition) is 2. The molecule has 1 aliphatic rings. The van der Waals surface area contributed by atoms with E-state index in [1.54, 1.807) is 11.3 Å². The fourth-order valence-corrected chi connectivity index (χ4v) is 4.27. The Kier molecular flexibility index (Phi) is 5.18. The van der Waals surface area contributed by atoms with Crippen molar-refractivity contribution in [3.05, 3.63) is 33.5 Å². The number of aromatic nitrogens is 2. The zero-order valence-corrected chi connectivity index (χ0v) is 15.7. The van der Waals surface area contributed by atoms with Crippen LogP contribution < -0.4 is 10.6 Å².